The lowest BCUT2D eigenvalue weighted by molar-refractivity contribution is -0.149. The molecular formula is C6H11NO4. The van der Waals surface area contributed by atoms with Crippen LogP contribution in [0.2, 0.25) is 0 Å². The molecule has 0 saturated heterocycles. The number of nitrogens with zero attached hydrogens (tertiary/aromatic N) is 1. The van der Waals surface area contributed by atoms with E-state index in [9.17, 15) is 9.59 Å². The van der Waals surface area contributed by atoms with Gasteiger partial charge < -0.3 is 15.1 Å². The molecule has 5 nitrogen and oxygen atoms in total. The smallest absolute Gasteiger partial charge is 0.328 e. The van der Waals surface area contributed by atoms with Crippen LogP contribution in [-0.4, -0.2) is 46.7 Å². The molecular weight excluding hydrogens is 150 g/mol. The maximum Gasteiger partial charge on any atom is 0.328 e. The van der Waals surface area contributed by atoms with Gasteiger partial charge in [0.25, 0.3) is 0 Å². The minimum atomic E-state index is -1.20. The predicted octanol–water partition coefficient (Wildman–Crippen LogP) is -1.09. The van der Waals surface area contributed by atoms with Crippen LogP contribution >= 0.6 is 0 Å². The number of carboxylic acid groups (broad SMARTS) is 1. The van der Waals surface area contributed by atoms with Gasteiger partial charge in [-0.25, -0.2) is 4.79 Å². The molecule has 0 aliphatic rings. The molecule has 5 heteroatoms. The predicted molar refractivity (Wildman–Crippen MR) is 37.0 cm³/mol. The summed E-state index contributed by atoms with van der Waals surface area (Å²) in [5, 5.41) is 17.0. The van der Waals surface area contributed by atoms with Crippen LogP contribution in [0.3, 0.4) is 0 Å². The number of rotatable bonds is 3. The Labute approximate surface area is 64.2 Å². The second-order valence-corrected chi connectivity index (χ2v) is 2.17. The molecule has 0 rings (SSSR count). The summed E-state index contributed by atoms with van der Waals surface area (Å²) in [6.45, 7) is 0.678. The van der Waals surface area contributed by atoms with Crippen LogP contribution in [0.5, 0.6) is 0 Å². The number of likely N-dealkylation sites (N-methyl/N-ethyl adjacent to an activating group) is 1. The largest absolute Gasteiger partial charge is 0.480 e. The topological polar surface area (TPSA) is 77.8 Å². The standard InChI is InChI=1S/C6H11NO4/c1-4(9)7(2)5(3-8)6(10)11/h5,8H,3H2,1-2H3,(H,10,11)/t5-/m0/s1. The third kappa shape index (κ3) is 2.55. The van der Waals surface area contributed by atoms with Gasteiger partial charge in [-0.15, -0.1) is 0 Å². The molecule has 0 saturated carbocycles. The van der Waals surface area contributed by atoms with E-state index in [0.29, 0.717) is 0 Å². The summed E-state index contributed by atoms with van der Waals surface area (Å²) in [7, 11) is 1.33. The summed E-state index contributed by atoms with van der Waals surface area (Å²) < 4.78 is 0. The van der Waals surface area contributed by atoms with Crippen molar-refractivity contribution in [2.45, 2.75) is 13.0 Å². The zero-order chi connectivity index (χ0) is 9.02. The quantitative estimate of drug-likeness (QED) is 0.551. The number of carboxylic acids is 1. The van der Waals surface area contributed by atoms with Gasteiger partial charge in [0, 0.05) is 14.0 Å². The summed E-state index contributed by atoms with van der Waals surface area (Å²) in [4.78, 5) is 21.9. The Bertz CT molecular complexity index is 168. The van der Waals surface area contributed by atoms with Crippen LogP contribution in [0.25, 0.3) is 0 Å². The number of hydrogen-bond donors (Lipinski definition) is 2. The molecule has 0 aromatic carbocycles. The fourth-order valence-electron chi connectivity index (χ4n) is 0.586. The third-order valence-electron chi connectivity index (χ3n) is 1.42. The number of aliphatic hydroxyl groups is 1. The molecule has 0 spiro atoms. The van der Waals surface area contributed by atoms with E-state index in [1.807, 2.05) is 0 Å². The summed E-state index contributed by atoms with van der Waals surface area (Å²) in [6, 6.07) is -1.13. The van der Waals surface area contributed by atoms with E-state index in [1.54, 1.807) is 0 Å². The van der Waals surface area contributed by atoms with Crippen molar-refractivity contribution in [3.8, 4) is 0 Å². The molecule has 11 heavy (non-hydrogen) atoms. The number of amides is 1. The molecule has 0 bridgehead atoms. The molecule has 0 heterocycles. The van der Waals surface area contributed by atoms with Crippen LogP contribution in [0.4, 0.5) is 0 Å². The highest BCUT2D eigenvalue weighted by molar-refractivity contribution is 5.82. The zero-order valence-corrected chi connectivity index (χ0v) is 6.44. The zero-order valence-electron chi connectivity index (χ0n) is 6.44. The van der Waals surface area contributed by atoms with Crippen molar-refractivity contribution in [2.24, 2.45) is 0 Å². The molecule has 0 unspecified atom stereocenters. The van der Waals surface area contributed by atoms with E-state index in [0.717, 1.165) is 4.90 Å². The number of carbonyl (C=O) groups excluding carboxylic acids is 1. The highest BCUT2D eigenvalue weighted by Crippen LogP contribution is 1.95. The lowest BCUT2D eigenvalue weighted by Gasteiger charge is -2.20. The van der Waals surface area contributed by atoms with Gasteiger partial charge in [0.15, 0.2) is 6.04 Å². The van der Waals surface area contributed by atoms with Crippen molar-refractivity contribution in [3.63, 3.8) is 0 Å². The van der Waals surface area contributed by atoms with Crippen molar-refractivity contribution >= 4 is 11.9 Å². The van der Waals surface area contributed by atoms with Gasteiger partial charge in [0.2, 0.25) is 5.91 Å². The minimum Gasteiger partial charge on any atom is -0.480 e. The highest BCUT2D eigenvalue weighted by atomic mass is 16.4. The monoisotopic (exact) mass is 161 g/mol. The normalized spacial score (nSPS) is 12.3. The number of hydrogen-bond acceptors (Lipinski definition) is 3. The molecule has 0 aliphatic carbocycles. The Hall–Kier alpha value is -1.10. The van der Waals surface area contributed by atoms with Crippen LogP contribution in [0.1, 0.15) is 6.92 Å². The van der Waals surface area contributed by atoms with E-state index in [1.165, 1.54) is 14.0 Å². The number of aliphatic carboxylic acids is 1. The summed E-state index contributed by atoms with van der Waals surface area (Å²) >= 11 is 0. The Morgan fingerprint density at radius 1 is 1.55 bits per heavy atom. The molecule has 0 aromatic rings. The number of aliphatic hydroxyl groups excluding tert-OH is 1. The van der Waals surface area contributed by atoms with Crippen molar-refractivity contribution in [2.75, 3.05) is 13.7 Å². The van der Waals surface area contributed by atoms with E-state index < -0.39 is 18.6 Å². The SMILES string of the molecule is CC(=O)N(C)[C@@H](CO)C(=O)O. The lowest BCUT2D eigenvalue weighted by Crippen LogP contribution is -2.43. The van der Waals surface area contributed by atoms with E-state index in [2.05, 4.69) is 0 Å². The van der Waals surface area contributed by atoms with Crippen LogP contribution in [0, 0.1) is 0 Å². The maximum atomic E-state index is 10.6. The van der Waals surface area contributed by atoms with Crippen molar-refractivity contribution in [1.29, 1.82) is 0 Å². The van der Waals surface area contributed by atoms with Gasteiger partial charge in [-0.05, 0) is 0 Å². The average Bonchev–Trinajstić information content (AvgIpc) is 1.88. The Morgan fingerprint density at radius 3 is 2.09 bits per heavy atom. The van der Waals surface area contributed by atoms with Gasteiger partial charge >= 0.3 is 5.97 Å². The second kappa shape index (κ2) is 3.92. The fourth-order valence-corrected chi connectivity index (χ4v) is 0.586. The van der Waals surface area contributed by atoms with Crippen molar-refractivity contribution in [1.82, 2.24) is 4.90 Å². The second-order valence-electron chi connectivity index (χ2n) is 2.17. The van der Waals surface area contributed by atoms with Crippen LogP contribution in [0.15, 0.2) is 0 Å². The molecule has 0 aliphatic heterocycles. The van der Waals surface area contributed by atoms with Gasteiger partial charge in [0.05, 0.1) is 6.61 Å². The average molecular weight is 161 g/mol. The number of carbonyl (C=O) groups is 2. The van der Waals surface area contributed by atoms with E-state index in [4.69, 9.17) is 10.2 Å². The highest BCUT2D eigenvalue weighted by Gasteiger charge is 2.22. The third-order valence-corrected chi connectivity index (χ3v) is 1.42. The molecule has 64 valence electrons. The Kier molecular flexibility index (Phi) is 3.53. The van der Waals surface area contributed by atoms with E-state index in [-0.39, 0.29) is 5.91 Å². The van der Waals surface area contributed by atoms with Gasteiger partial charge in [-0.1, -0.05) is 0 Å². The van der Waals surface area contributed by atoms with Gasteiger partial charge in [-0.3, -0.25) is 4.79 Å². The molecule has 2 N–H and O–H groups in total. The fraction of sp³-hybridized carbons (Fsp3) is 0.667. The maximum absolute atomic E-state index is 10.6. The molecule has 0 fully saturated rings. The Balaban J connectivity index is 4.25. The Morgan fingerprint density at radius 2 is 2.00 bits per heavy atom. The lowest BCUT2D eigenvalue weighted by atomic mass is 10.3. The minimum absolute atomic E-state index is 0.383. The molecule has 1 amide bonds. The van der Waals surface area contributed by atoms with Crippen LogP contribution < -0.4 is 0 Å². The molecule has 0 aromatic heterocycles. The van der Waals surface area contributed by atoms with Gasteiger partial charge in [-0.2, -0.15) is 0 Å². The molecule has 0 radical (unpaired) electrons. The van der Waals surface area contributed by atoms with Crippen molar-refractivity contribution < 1.29 is 19.8 Å². The van der Waals surface area contributed by atoms with E-state index >= 15 is 0 Å². The summed E-state index contributed by atoms with van der Waals surface area (Å²) in [6.07, 6.45) is 0. The first-order chi connectivity index (χ1) is 5.00. The molecule has 1 atom stereocenters. The van der Waals surface area contributed by atoms with Crippen LogP contribution in [-0.2, 0) is 9.59 Å². The van der Waals surface area contributed by atoms with Crippen molar-refractivity contribution in [3.05, 3.63) is 0 Å². The first-order valence-corrected chi connectivity index (χ1v) is 3.07. The summed E-state index contributed by atoms with van der Waals surface area (Å²) in [5.74, 6) is -1.59. The first-order valence-electron chi connectivity index (χ1n) is 3.07. The summed E-state index contributed by atoms with van der Waals surface area (Å²) in [5.41, 5.74) is 0. The van der Waals surface area contributed by atoms with Gasteiger partial charge in [0.1, 0.15) is 0 Å². The first kappa shape index (κ1) is 9.90.